The summed E-state index contributed by atoms with van der Waals surface area (Å²) in [5.41, 5.74) is 2.03. The molecule has 0 unspecified atom stereocenters. The van der Waals surface area contributed by atoms with E-state index in [0.29, 0.717) is 40.5 Å². The Balaban J connectivity index is 1.61. The Kier molecular flexibility index (Phi) is 5.86. The first-order valence-corrected chi connectivity index (χ1v) is 9.86. The van der Waals surface area contributed by atoms with Crippen molar-refractivity contribution in [2.75, 3.05) is 13.4 Å². The number of carbonyl (C=O) groups is 1. The van der Waals surface area contributed by atoms with Crippen LogP contribution in [0.5, 0.6) is 17.2 Å². The molecule has 31 heavy (non-hydrogen) atoms. The van der Waals surface area contributed by atoms with E-state index in [1.54, 1.807) is 60.7 Å². The number of ether oxygens (including phenoxy) is 3. The molecular weight excluding hydrogens is 396 g/mol. The van der Waals surface area contributed by atoms with E-state index < -0.39 is 11.5 Å². The van der Waals surface area contributed by atoms with Crippen molar-refractivity contribution in [3.05, 3.63) is 89.5 Å². The van der Waals surface area contributed by atoms with E-state index in [4.69, 9.17) is 14.2 Å². The molecule has 7 nitrogen and oxygen atoms in total. The molecule has 0 fully saturated rings. The van der Waals surface area contributed by atoms with Gasteiger partial charge in [-0.05, 0) is 24.1 Å². The molecule has 0 aromatic heterocycles. The normalized spacial score (nSPS) is 12.7. The maximum atomic E-state index is 13.1. The van der Waals surface area contributed by atoms with E-state index in [1.807, 2.05) is 19.1 Å². The van der Waals surface area contributed by atoms with E-state index in [-0.39, 0.29) is 6.79 Å². The van der Waals surface area contributed by atoms with Gasteiger partial charge in [-0.3, -0.25) is 4.79 Å². The lowest BCUT2D eigenvalue weighted by Gasteiger charge is -2.27. The monoisotopic (exact) mass is 418 g/mol. The predicted molar refractivity (Wildman–Crippen MR) is 115 cm³/mol. The molecule has 0 aliphatic carbocycles. The van der Waals surface area contributed by atoms with Gasteiger partial charge in [-0.2, -0.15) is 5.10 Å². The van der Waals surface area contributed by atoms with E-state index in [0.717, 1.165) is 0 Å². The quantitative estimate of drug-likeness (QED) is 0.454. The van der Waals surface area contributed by atoms with Gasteiger partial charge in [0.25, 0.3) is 5.91 Å². The van der Waals surface area contributed by atoms with Crippen molar-refractivity contribution in [3.63, 3.8) is 0 Å². The molecule has 1 aliphatic rings. The molecule has 1 heterocycles. The number of hydrogen-bond donors (Lipinski definition) is 2. The van der Waals surface area contributed by atoms with Crippen LogP contribution < -0.4 is 19.6 Å². The molecule has 0 bridgehead atoms. The van der Waals surface area contributed by atoms with Crippen molar-refractivity contribution < 1.29 is 24.1 Å². The number of hydrazone groups is 1. The number of nitrogens with zero attached hydrogens (tertiary/aromatic N) is 1. The minimum absolute atomic E-state index is 0.138. The number of aliphatic hydroxyl groups is 1. The summed E-state index contributed by atoms with van der Waals surface area (Å²) >= 11 is 0. The van der Waals surface area contributed by atoms with Crippen molar-refractivity contribution in [1.29, 1.82) is 0 Å². The third-order valence-electron chi connectivity index (χ3n) is 4.89. The number of carbonyl (C=O) groups excluding carboxylic acids is 1. The molecule has 1 amide bonds. The Morgan fingerprint density at radius 3 is 2.23 bits per heavy atom. The van der Waals surface area contributed by atoms with Gasteiger partial charge in [-0.25, -0.2) is 5.43 Å². The topological polar surface area (TPSA) is 89.4 Å². The van der Waals surface area contributed by atoms with Crippen LogP contribution >= 0.6 is 0 Å². The van der Waals surface area contributed by atoms with Crippen LogP contribution in [-0.4, -0.2) is 30.6 Å². The van der Waals surface area contributed by atoms with Gasteiger partial charge in [0, 0.05) is 11.6 Å². The van der Waals surface area contributed by atoms with Crippen LogP contribution in [0.25, 0.3) is 0 Å². The zero-order chi connectivity index (χ0) is 21.7. The average Bonchev–Trinajstić information content (AvgIpc) is 3.27. The lowest BCUT2D eigenvalue weighted by molar-refractivity contribution is -0.136. The minimum Gasteiger partial charge on any atom is -0.493 e. The second-order valence-electron chi connectivity index (χ2n) is 6.82. The van der Waals surface area contributed by atoms with E-state index in [2.05, 4.69) is 10.5 Å². The molecule has 2 N–H and O–H groups in total. The summed E-state index contributed by atoms with van der Waals surface area (Å²) in [6.45, 7) is 2.46. The predicted octanol–water partition coefficient (Wildman–Crippen LogP) is 3.20. The fraction of sp³-hybridized carbons (Fsp3) is 0.167. The third kappa shape index (κ3) is 4.08. The highest BCUT2D eigenvalue weighted by molar-refractivity contribution is 5.92. The molecule has 7 heteroatoms. The number of benzene rings is 3. The second-order valence-corrected chi connectivity index (χ2v) is 6.82. The molecule has 158 valence electrons. The van der Waals surface area contributed by atoms with Crippen molar-refractivity contribution in [1.82, 2.24) is 5.43 Å². The van der Waals surface area contributed by atoms with Crippen molar-refractivity contribution in [3.8, 4) is 17.2 Å². The first-order valence-electron chi connectivity index (χ1n) is 9.86. The van der Waals surface area contributed by atoms with E-state index in [1.165, 1.54) is 6.21 Å². The van der Waals surface area contributed by atoms with Gasteiger partial charge in [0.15, 0.2) is 17.1 Å². The van der Waals surface area contributed by atoms with Crippen molar-refractivity contribution in [2.24, 2.45) is 5.10 Å². The molecular formula is C24H22N2O5. The highest BCUT2D eigenvalue weighted by Gasteiger charge is 2.39. The zero-order valence-electron chi connectivity index (χ0n) is 16.9. The van der Waals surface area contributed by atoms with Gasteiger partial charge < -0.3 is 19.3 Å². The number of amides is 1. The van der Waals surface area contributed by atoms with Crippen LogP contribution in [0, 0.1) is 0 Å². The molecule has 4 rings (SSSR count). The molecule has 3 aromatic rings. The lowest BCUT2D eigenvalue weighted by Crippen LogP contribution is -2.43. The summed E-state index contributed by atoms with van der Waals surface area (Å²) in [6.07, 6.45) is 1.45. The highest BCUT2D eigenvalue weighted by Crippen LogP contribution is 2.37. The Hall–Kier alpha value is -3.84. The Morgan fingerprint density at radius 1 is 1.06 bits per heavy atom. The van der Waals surface area contributed by atoms with Gasteiger partial charge in [-0.1, -0.05) is 60.7 Å². The van der Waals surface area contributed by atoms with Gasteiger partial charge >= 0.3 is 0 Å². The Labute approximate surface area is 179 Å². The first-order chi connectivity index (χ1) is 15.1. The SMILES string of the molecule is CCOc1cc2c(cc1/C=N/NC(=O)C(O)(c1ccccc1)c1ccccc1)OCO2. The van der Waals surface area contributed by atoms with Gasteiger partial charge in [0.05, 0.1) is 12.8 Å². The molecule has 3 aromatic carbocycles. The number of fused-ring (bicyclic) bond motifs is 1. The third-order valence-corrected chi connectivity index (χ3v) is 4.89. The van der Waals surface area contributed by atoms with E-state index >= 15 is 0 Å². The summed E-state index contributed by atoms with van der Waals surface area (Å²) in [5.74, 6) is 1.03. The molecule has 0 spiro atoms. The standard InChI is InChI=1S/C24H22N2O5/c1-2-29-20-14-22-21(30-16-31-22)13-17(20)15-25-26-23(27)24(28,18-9-5-3-6-10-18)19-11-7-4-8-12-19/h3-15,28H,2,16H2,1H3,(H,26,27)/b25-15+. The maximum absolute atomic E-state index is 13.1. The maximum Gasteiger partial charge on any atom is 0.281 e. The van der Waals surface area contributed by atoms with Crippen LogP contribution in [0.4, 0.5) is 0 Å². The summed E-state index contributed by atoms with van der Waals surface area (Å²) < 4.78 is 16.4. The Bertz CT molecular complexity index is 1040. The average molecular weight is 418 g/mol. The zero-order valence-corrected chi connectivity index (χ0v) is 16.9. The Morgan fingerprint density at radius 2 is 1.65 bits per heavy atom. The van der Waals surface area contributed by atoms with Crippen LogP contribution in [0.3, 0.4) is 0 Å². The van der Waals surface area contributed by atoms with Crippen molar-refractivity contribution >= 4 is 12.1 Å². The second kappa shape index (κ2) is 8.89. The summed E-state index contributed by atoms with van der Waals surface area (Å²) in [7, 11) is 0. The largest absolute Gasteiger partial charge is 0.493 e. The van der Waals surface area contributed by atoms with Crippen LogP contribution in [0.15, 0.2) is 77.9 Å². The fourth-order valence-electron chi connectivity index (χ4n) is 3.35. The molecule has 1 aliphatic heterocycles. The minimum atomic E-state index is -1.91. The summed E-state index contributed by atoms with van der Waals surface area (Å²) in [5, 5.41) is 15.5. The van der Waals surface area contributed by atoms with Gasteiger partial charge in [0.2, 0.25) is 6.79 Å². The smallest absolute Gasteiger partial charge is 0.281 e. The lowest BCUT2D eigenvalue weighted by atomic mass is 9.85. The van der Waals surface area contributed by atoms with Crippen LogP contribution in [0.2, 0.25) is 0 Å². The highest BCUT2D eigenvalue weighted by atomic mass is 16.7. The van der Waals surface area contributed by atoms with Crippen LogP contribution in [-0.2, 0) is 10.4 Å². The number of hydrogen-bond acceptors (Lipinski definition) is 6. The fourth-order valence-corrected chi connectivity index (χ4v) is 3.35. The molecule has 0 saturated heterocycles. The van der Waals surface area contributed by atoms with Gasteiger partial charge in [0.1, 0.15) is 5.75 Å². The number of rotatable bonds is 7. The van der Waals surface area contributed by atoms with Crippen molar-refractivity contribution in [2.45, 2.75) is 12.5 Å². The number of nitrogens with one attached hydrogen (secondary N) is 1. The first kappa shape index (κ1) is 20.4. The molecule has 0 radical (unpaired) electrons. The summed E-state index contributed by atoms with van der Waals surface area (Å²) in [4.78, 5) is 13.1. The van der Waals surface area contributed by atoms with E-state index in [9.17, 15) is 9.90 Å². The molecule has 0 saturated carbocycles. The van der Waals surface area contributed by atoms with Crippen LogP contribution in [0.1, 0.15) is 23.6 Å². The van der Waals surface area contributed by atoms with Gasteiger partial charge in [-0.15, -0.1) is 0 Å². The molecule has 0 atom stereocenters. The summed E-state index contributed by atoms with van der Waals surface area (Å²) in [6, 6.07) is 20.9.